The van der Waals surface area contributed by atoms with Crippen LogP contribution in [0.2, 0.25) is 0 Å². The van der Waals surface area contributed by atoms with Gasteiger partial charge in [-0.1, -0.05) is 72.8 Å². The van der Waals surface area contributed by atoms with Gasteiger partial charge in [0.2, 0.25) is 5.91 Å². The zero-order valence-corrected chi connectivity index (χ0v) is 19.1. The molecule has 0 aliphatic heterocycles. The van der Waals surface area contributed by atoms with Crippen molar-refractivity contribution < 1.29 is 9.53 Å². The third-order valence-electron chi connectivity index (χ3n) is 5.40. The predicted molar refractivity (Wildman–Crippen MR) is 130 cm³/mol. The first kappa shape index (κ1) is 21.8. The number of hydrogen-bond donors (Lipinski definition) is 1. The van der Waals surface area contributed by atoms with E-state index < -0.39 is 5.54 Å². The molecule has 162 valence electrons. The topological polar surface area (TPSA) is 51.2 Å². The summed E-state index contributed by atoms with van der Waals surface area (Å²) in [5, 5.41) is 6.05. The van der Waals surface area contributed by atoms with Crippen LogP contribution in [0, 0.1) is 0 Å². The molecule has 0 unspecified atom stereocenters. The van der Waals surface area contributed by atoms with Crippen molar-refractivity contribution >= 4 is 17.2 Å². The minimum atomic E-state index is -0.639. The highest BCUT2D eigenvalue weighted by atomic mass is 32.1. The van der Waals surface area contributed by atoms with Crippen molar-refractivity contribution in [1.29, 1.82) is 0 Å². The number of nitrogens with zero attached hydrogens (tertiary/aromatic N) is 1. The molecule has 32 heavy (non-hydrogen) atoms. The minimum absolute atomic E-state index is 0.0739. The van der Waals surface area contributed by atoms with E-state index in [1.54, 1.807) is 0 Å². The summed E-state index contributed by atoms with van der Waals surface area (Å²) in [7, 11) is 0. The summed E-state index contributed by atoms with van der Waals surface area (Å²) < 4.78 is 5.73. The van der Waals surface area contributed by atoms with Crippen molar-refractivity contribution in [2.75, 3.05) is 6.61 Å². The number of aromatic nitrogens is 1. The van der Waals surface area contributed by atoms with Gasteiger partial charge in [0.15, 0.2) is 0 Å². The second-order valence-corrected chi connectivity index (χ2v) is 8.51. The van der Waals surface area contributed by atoms with Gasteiger partial charge in [0.25, 0.3) is 0 Å². The Morgan fingerprint density at radius 1 is 0.938 bits per heavy atom. The standard InChI is InChI=1S/C27H26N2O2S/c1-3-31-24-17-11-10-16-23(24)26-28-22(19-32-26)18-25(30)29-27(2,20-12-6-4-7-13-20)21-14-8-5-9-15-21/h4-17,19H,3,18H2,1-2H3,(H,29,30). The first-order valence-corrected chi connectivity index (χ1v) is 11.6. The quantitative estimate of drug-likeness (QED) is 0.373. The smallest absolute Gasteiger partial charge is 0.227 e. The summed E-state index contributed by atoms with van der Waals surface area (Å²) in [6.07, 6.45) is 0.211. The SMILES string of the molecule is CCOc1ccccc1-c1nc(CC(=O)NC(C)(c2ccccc2)c2ccccc2)cs1. The highest BCUT2D eigenvalue weighted by molar-refractivity contribution is 7.13. The monoisotopic (exact) mass is 442 g/mol. The summed E-state index contributed by atoms with van der Waals surface area (Å²) in [6, 6.07) is 27.9. The van der Waals surface area contributed by atoms with Crippen LogP contribution in [0.25, 0.3) is 10.6 Å². The van der Waals surface area contributed by atoms with E-state index in [4.69, 9.17) is 9.72 Å². The number of para-hydroxylation sites is 1. The van der Waals surface area contributed by atoms with Crippen LogP contribution in [-0.4, -0.2) is 17.5 Å². The van der Waals surface area contributed by atoms with E-state index in [1.165, 1.54) is 11.3 Å². The number of thiazole rings is 1. The Morgan fingerprint density at radius 3 is 2.16 bits per heavy atom. The van der Waals surface area contributed by atoms with E-state index >= 15 is 0 Å². The van der Waals surface area contributed by atoms with E-state index in [0.29, 0.717) is 6.61 Å². The van der Waals surface area contributed by atoms with Crippen LogP contribution in [-0.2, 0) is 16.8 Å². The maximum atomic E-state index is 13.1. The Kier molecular flexibility index (Phi) is 6.66. The van der Waals surface area contributed by atoms with Gasteiger partial charge in [-0.25, -0.2) is 4.98 Å². The van der Waals surface area contributed by atoms with Gasteiger partial charge in [-0.2, -0.15) is 0 Å². The third kappa shape index (κ3) is 4.73. The summed E-state index contributed by atoms with van der Waals surface area (Å²) in [5.41, 5.74) is 3.12. The van der Waals surface area contributed by atoms with Gasteiger partial charge >= 0.3 is 0 Å². The molecule has 3 aromatic carbocycles. The number of benzene rings is 3. The van der Waals surface area contributed by atoms with E-state index in [-0.39, 0.29) is 12.3 Å². The van der Waals surface area contributed by atoms with Gasteiger partial charge in [0.05, 0.1) is 29.8 Å². The molecule has 0 spiro atoms. The molecule has 0 saturated heterocycles. The molecular formula is C27H26N2O2S. The fourth-order valence-corrected chi connectivity index (χ4v) is 4.63. The van der Waals surface area contributed by atoms with E-state index in [9.17, 15) is 4.79 Å². The highest BCUT2D eigenvalue weighted by Crippen LogP contribution is 2.33. The molecular weight excluding hydrogens is 416 g/mol. The maximum absolute atomic E-state index is 13.1. The van der Waals surface area contributed by atoms with E-state index in [0.717, 1.165) is 33.1 Å². The second kappa shape index (κ2) is 9.79. The van der Waals surface area contributed by atoms with Crippen molar-refractivity contribution in [3.05, 3.63) is 107 Å². The highest BCUT2D eigenvalue weighted by Gasteiger charge is 2.30. The van der Waals surface area contributed by atoms with Crippen LogP contribution in [0.5, 0.6) is 5.75 Å². The molecule has 0 fully saturated rings. The Morgan fingerprint density at radius 2 is 1.53 bits per heavy atom. The molecule has 0 aliphatic carbocycles. The lowest BCUT2D eigenvalue weighted by molar-refractivity contribution is -0.121. The molecule has 4 nitrogen and oxygen atoms in total. The van der Waals surface area contributed by atoms with Crippen molar-refractivity contribution in [2.45, 2.75) is 25.8 Å². The lowest BCUT2D eigenvalue weighted by Crippen LogP contribution is -2.45. The van der Waals surface area contributed by atoms with Gasteiger partial charge in [-0.05, 0) is 37.1 Å². The molecule has 4 rings (SSSR count). The summed E-state index contributed by atoms with van der Waals surface area (Å²) >= 11 is 1.52. The fraction of sp³-hybridized carbons (Fsp3) is 0.185. The van der Waals surface area contributed by atoms with Crippen LogP contribution >= 0.6 is 11.3 Å². The summed E-state index contributed by atoms with van der Waals surface area (Å²) in [6.45, 7) is 4.60. The first-order valence-electron chi connectivity index (χ1n) is 10.7. The van der Waals surface area contributed by atoms with Crippen LogP contribution in [0.4, 0.5) is 0 Å². The van der Waals surface area contributed by atoms with Crippen molar-refractivity contribution in [3.63, 3.8) is 0 Å². The Balaban J connectivity index is 1.55. The zero-order valence-electron chi connectivity index (χ0n) is 18.2. The van der Waals surface area contributed by atoms with Gasteiger partial charge in [0, 0.05) is 5.38 Å². The molecule has 0 radical (unpaired) electrons. The molecule has 4 aromatic rings. The number of carbonyl (C=O) groups is 1. The molecule has 1 heterocycles. The summed E-state index contributed by atoms with van der Waals surface area (Å²) in [4.78, 5) is 17.8. The number of nitrogens with one attached hydrogen (secondary N) is 1. The van der Waals surface area contributed by atoms with E-state index in [1.807, 2.05) is 104 Å². The first-order chi connectivity index (χ1) is 15.6. The van der Waals surface area contributed by atoms with Crippen molar-refractivity contribution in [1.82, 2.24) is 10.3 Å². The van der Waals surface area contributed by atoms with E-state index in [2.05, 4.69) is 5.32 Å². The molecule has 0 saturated carbocycles. The molecule has 1 amide bonds. The number of carbonyl (C=O) groups excluding carboxylic acids is 1. The third-order valence-corrected chi connectivity index (χ3v) is 6.33. The minimum Gasteiger partial charge on any atom is -0.493 e. The Labute approximate surface area is 192 Å². The number of hydrogen-bond acceptors (Lipinski definition) is 4. The molecule has 1 aromatic heterocycles. The largest absolute Gasteiger partial charge is 0.493 e. The van der Waals surface area contributed by atoms with Crippen LogP contribution in [0.15, 0.2) is 90.3 Å². The van der Waals surface area contributed by atoms with Crippen LogP contribution < -0.4 is 10.1 Å². The molecule has 0 atom stereocenters. The molecule has 1 N–H and O–H groups in total. The second-order valence-electron chi connectivity index (χ2n) is 7.66. The zero-order chi connectivity index (χ0) is 22.4. The van der Waals surface area contributed by atoms with Gasteiger partial charge in [-0.3, -0.25) is 4.79 Å². The number of amides is 1. The lowest BCUT2D eigenvalue weighted by Gasteiger charge is -2.32. The lowest BCUT2D eigenvalue weighted by atomic mass is 9.84. The van der Waals surface area contributed by atoms with Crippen LogP contribution in [0.3, 0.4) is 0 Å². The average molecular weight is 443 g/mol. The number of rotatable bonds is 8. The molecule has 5 heteroatoms. The summed E-state index contributed by atoms with van der Waals surface area (Å²) in [5.74, 6) is 0.733. The van der Waals surface area contributed by atoms with Gasteiger partial charge < -0.3 is 10.1 Å². The average Bonchev–Trinajstić information content (AvgIpc) is 3.28. The van der Waals surface area contributed by atoms with Crippen molar-refractivity contribution in [3.8, 4) is 16.3 Å². The molecule has 0 aliphatic rings. The number of ether oxygens (including phenoxy) is 1. The van der Waals surface area contributed by atoms with Crippen LogP contribution in [0.1, 0.15) is 30.7 Å². The van der Waals surface area contributed by atoms with Gasteiger partial charge in [-0.15, -0.1) is 11.3 Å². The van der Waals surface area contributed by atoms with Gasteiger partial charge in [0.1, 0.15) is 10.8 Å². The van der Waals surface area contributed by atoms with Crippen molar-refractivity contribution in [2.24, 2.45) is 0 Å². The fourth-order valence-electron chi connectivity index (χ4n) is 3.78. The predicted octanol–water partition coefficient (Wildman–Crippen LogP) is 5.83. The Bertz CT molecular complexity index is 1130. The maximum Gasteiger partial charge on any atom is 0.227 e. The molecule has 0 bridgehead atoms. The Hall–Kier alpha value is -3.44. The normalized spacial score (nSPS) is 11.2.